The topological polar surface area (TPSA) is 35.2 Å². The van der Waals surface area contributed by atoms with Gasteiger partial charge in [-0.3, -0.25) is 0 Å². The van der Waals surface area contributed by atoms with Crippen molar-refractivity contribution in [1.29, 1.82) is 0 Å². The molecule has 0 radical (unpaired) electrons. The highest BCUT2D eigenvalue weighted by molar-refractivity contribution is 6.31. The number of nitrogens with two attached hydrogens (primary N) is 1. The highest BCUT2D eigenvalue weighted by atomic mass is 35.5. The fraction of sp³-hybridized carbons (Fsp3) is 0.429. The summed E-state index contributed by atoms with van der Waals surface area (Å²) in [6.07, 6.45) is 1.58. The fourth-order valence-electron chi connectivity index (χ4n) is 1.53. The van der Waals surface area contributed by atoms with Gasteiger partial charge in [-0.2, -0.15) is 0 Å². The molecule has 0 aliphatic heterocycles. The number of rotatable bonds is 6. The lowest BCUT2D eigenvalue weighted by molar-refractivity contribution is 0.318. The van der Waals surface area contributed by atoms with Gasteiger partial charge in [0, 0.05) is 23.0 Å². The maximum absolute atomic E-state index is 6.16. The molecule has 1 unspecified atom stereocenters. The van der Waals surface area contributed by atoms with Crippen LogP contribution in [0, 0.1) is 0 Å². The van der Waals surface area contributed by atoms with Crippen LogP contribution in [0.3, 0.4) is 0 Å². The van der Waals surface area contributed by atoms with Crippen molar-refractivity contribution in [2.24, 2.45) is 5.73 Å². The van der Waals surface area contributed by atoms with E-state index < -0.39 is 0 Å². The van der Waals surface area contributed by atoms with Gasteiger partial charge >= 0.3 is 0 Å². The zero-order valence-corrected chi connectivity index (χ0v) is 11.3. The van der Waals surface area contributed by atoms with Crippen molar-refractivity contribution in [3.05, 3.63) is 40.9 Å². The van der Waals surface area contributed by atoms with Crippen LogP contribution in [0.1, 0.15) is 25.8 Å². The second-order valence-corrected chi connectivity index (χ2v) is 4.86. The lowest BCUT2D eigenvalue weighted by atomic mass is 10.1. The van der Waals surface area contributed by atoms with Gasteiger partial charge in [0.1, 0.15) is 5.75 Å². The van der Waals surface area contributed by atoms with Crippen LogP contribution in [0.5, 0.6) is 5.75 Å². The predicted molar refractivity (Wildman–Crippen MR) is 73.7 cm³/mol. The average molecular weight is 254 g/mol. The molecule has 0 saturated heterocycles. The third-order valence-electron chi connectivity index (χ3n) is 2.39. The Kier molecular flexibility index (Phi) is 5.52. The standard InChI is InChI=1S/C14H20ClNO/c1-10(2)7-8-17-14-6-4-5-13(15)12(14)9-11(3)16/h4-6,11H,1,7-9,16H2,2-3H3. The fourth-order valence-corrected chi connectivity index (χ4v) is 1.77. The Morgan fingerprint density at radius 1 is 1.53 bits per heavy atom. The highest BCUT2D eigenvalue weighted by Crippen LogP contribution is 2.27. The summed E-state index contributed by atoms with van der Waals surface area (Å²) in [6.45, 7) is 8.42. The van der Waals surface area contributed by atoms with Crippen molar-refractivity contribution in [3.63, 3.8) is 0 Å². The molecule has 1 rings (SSSR count). The van der Waals surface area contributed by atoms with E-state index in [1.54, 1.807) is 0 Å². The van der Waals surface area contributed by atoms with Crippen molar-refractivity contribution in [2.45, 2.75) is 32.7 Å². The zero-order valence-electron chi connectivity index (χ0n) is 10.5. The van der Waals surface area contributed by atoms with E-state index in [1.165, 1.54) is 0 Å². The van der Waals surface area contributed by atoms with Crippen molar-refractivity contribution in [1.82, 2.24) is 0 Å². The first-order valence-electron chi connectivity index (χ1n) is 5.81. The van der Waals surface area contributed by atoms with Gasteiger partial charge in [-0.05, 0) is 32.4 Å². The summed E-state index contributed by atoms with van der Waals surface area (Å²) < 4.78 is 5.73. The molecule has 0 aliphatic rings. The monoisotopic (exact) mass is 253 g/mol. The normalized spacial score (nSPS) is 12.2. The molecule has 0 heterocycles. The molecule has 17 heavy (non-hydrogen) atoms. The molecule has 1 atom stereocenters. The van der Waals surface area contributed by atoms with Gasteiger partial charge in [-0.1, -0.05) is 23.2 Å². The van der Waals surface area contributed by atoms with E-state index in [4.69, 9.17) is 22.1 Å². The Labute approximate surface area is 108 Å². The quantitative estimate of drug-likeness (QED) is 0.787. The van der Waals surface area contributed by atoms with E-state index in [0.29, 0.717) is 6.61 Å². The summed E-state index contributed by atoms with van der Waals surface area (Å²) in [5, 5.41) is 0.718. The number of hydrogen-bond acceptors (Lipinski definition) is 2. The van der Waals surface area contributed by atoms with E-state index in [1.807, 2.05) is 32.0 Å². The molecular weight excluding hydrogens is 234 g/mol. The Balaban J connectivity index is 2.75. The van der Waals surface area contributed by atoms with Crippen LogP contribution in [0.15, 0.2) is 30.4 Å². The van der Waals surface area contributed by atoms with E-state index in [2.05, 4.69) is 6.58 Å². The van der Waals surface area contributed by atoms with Crippen LogP contribution in [-0.2, 0) is 6.42 Å². The first-order chi connectivity index (χ1) is 8.00. The Hall–Kier alpha value is -0.990. The molecule has 0 spiro atoms. The smallest absolute Gasteiger partial charge is 0.124 e. The molecule has 0 fully saturated rings. The first kappa shape index (κ1) is 14.1. The average Bonchev–Trinajstić information content (AvgIpc) is 2.22. The number of ether oxygens (including phenoxy) is 1. The van der Waals surface area contributed by atoms with Gasteiger partial charge in [-0.15, -0.1) is 6.58 Å². The van der Waals surface area contributed by atoms with Crippen LogP contribution >= 0.6 is 11.6 Å². The minimum Gasteiger partial charge on any atom is -0.493 e. The van der Waals surface area contributed by atoms with Crippen LogP contribution in [-0.4, -0.2) is 12.6 Å². The highest BCUT2D eigenvalue weighted by Gasteiger charge is 2.10. The second-order valence-electron chi connectivity index (χ2n) is 4.45. The van der Waals surface area contributed by atoms with Gasteiger partial charge in [0.2, 0.25) is 0 Å². The van der Waals surface area contributed by atoms with Gasteiger partial charge in [0.25, 0.3) is 0 Å². The number of benzene rings is 1. The van der Waals surface area contributed by atoms with Crippen LogP contribution in [0.2, 0.25) is 5.02 Å². The third kappa shape index (κ3) is 4.80. The minimum atomic E-state index is 0.0680. The molecule has 94 valence electrons. The van der Waals surface area contributed by atoms with E-state index in [-0.39, 0.29) is 6.04 Å². The van der Waals surface area contributed by atoms with Crippen LogP contribution in [0.4, 0.5) is 0 Å². The number of hydrogen-bond donors (Lipinski definition) is 1. The first-order valence-corrected chi connectivity index (χ1v) is 6.18. The summed E-state index contributed by atoms with van der Waals surface area (Å²) in [7, 11) is 0. The molecule has 0 aliphatic carbocycles. The van der Waals surface area contributed by atoms with E-state index in [9.17, 15) is 0 Å². The third-order valence-corrected chi connectivity index (χ3v) is 2.74. The Morgan fingerprint density at radius 3 is 2.82 bits per heavy atom. The molecule has 0 bridgehead atoms. The predicted octanol–water partition coefficient (Wildman–Crippen LogP) is 3.57. The molecule has 0 saturated carbocycles. The Morgan fingerprint density at radius 2 is 2.24 bits per heavy atom. The summed E-state index contributed by atoms with van der Waals surface area (Å²) in [4.78, 5) is 0. The molecule has 2 N–H and O–H groups in total. The lowest BCUT2D eigenvalue weighted by Crippen LogP contribution is -2.18. The van der Waals surface area contributed by atoms with Crippen molar-refractivity contribution >= 4 is 11.6 Å². The van der Waals surface area contributed by atoms with Crippen LogP contribution in [0.25, 0.3) is 0 Å². The summed E-state index contributed by atoms with van der Waals surface area (Å²) in [5.41, 5.74) is 7.91. The van der Waals surface area contributed by atoms with Crippen molar-refractivity contribution in [2.75, 3.05) is 6.61 Å². The van der Waals surface area contributed by atoms with Gasteiger partial charge in [0.05, 0.1) is 6.61 Å². The molecule has 3 heteroatoms. The van der Waals surface area contributed by atoms with Gasteiger partial charge in [-0.25, -0.2) is 0 Å². The zero-order chi connectivity index (χ0) is 12.8. The van der Waals surface area contributed by atoms with E-state index in [0.717, 1.165) is 34.8 Å². The largest absolute Gasteiger partial charge is 0.493 e. The minimum absolute atomic E-state index is 0.0680. The summed E-state index contributed by atoms with van der Waals surface area (Å²) >= 11 is 6.16. The molecule has 1 aromatic carbocycles. The van der Waals surface area contributed by atoms with Crippen LogP contribution < -0.4 is 10.5 Å². The van der Waals surface area contributed by atoms with Gasteiger partial charge in [0.15, 0.2) is 0 Å². The summed E-state index contributed by atoms with van der Waals surface area (Å²) in [5.74, 6) is 0.830. The van der Waals surface area contributed by atoms with Crippen molar-refractivity contribution in [3.8, 4) is 5.75 Å². The molecule has 0 amide bonds. The summed E-state index contributed by atoms with van der Waals surface area (Å²) in [6, 6.07) is 5.76. The lowest BCUT2D eigenvalue weighted by Gasteiger charge is -2.14. The second kappa shape index (κ2) is 6.67. The van der Waals surface area contributed by atoms with Crippen molar-refractivity contribution < 1.29 is 4.74 Å². The molecule has 1 aromatic rings. The Bertz CT molecular complexity index is 388. The maximum atomic E-state index is 6.16. The van der Waals surface area contributed by atoms with E-state index >= 15 is 0 Å². The maximum Gasteiger partial charge on any atom is 0.124 e. The molecule has 2 nitrogen and oxygen atoms in total. The number of halogens is 1. The van der Waals surface area contributed by atoms with Gasteiger partial charge < -0.3 is 10.5 Å². The molecular formula is C14H20ClNO. The molecule has 0 aromatic heterocycles. The SMILES string of the molecule is C=C(C)CCOc1cccc(Cl)c1CC(C)N.